The van der Waals surface area contributed by atoms with Gasteiger partial charge in [0.05, 0.1) is 29.4 Å². The van der Waals surface area contributed by atoms with Crippen molar-refractivity contribution in [2.24, 2.45) is 5.92 Å². The summed E-state index contributed by atoms with van der Waals surface area (Å²) < 4.78 is 29.8. The van der Waals surface area contributed by atoms with Gasteiger partial charge in [0.15, 0.2) is 0 Å². The predicted octanol–water partition coefficient (Wildman–Crippen LogP) is 4.49. The van der Waals surface area contributed by atoms with E-state index in [1.54, 1.807) is 48.7 Å². The number of nitrogens with one attached hydrogen (secondary N) is 1. The molecule has 1 unspecified atom stereocenters. The van der Waals surface area contributed by atoms with E-state index in [9.17, 15) is 13.2 Å². The molecular formula is C24H26N4O3S. The number of benzene rings is 2. The van der Waals surface area contributed by atoms with Crippen LogP contribution in [0.2, 0.25) is 0 Å². The first-order valence-electron chi connectivity index (χ1n) is 10.6. The minimum Gasteiger partial charge on any atom is -0.307 e. The number of rotatable bonds is 9. The molecule has 3 aromatic rings. The van der Waals surface area contributed by atoms with Gasteiger partial charge in [0, 0.05) is 11.6 Å². The number of anilines is 2. The van der Waals surface area contributed by atoms with Crippen LogP contribution in [0.3, 0.4) is 0 Å². The predicted molar refractivity (Wildman–Crippen MR) is 125 cm³/mol. The van der Waals surface area contributed by atoms with Crippen molar-refractivity contribution in [3.8, 4) is 0 Å². The van der Waals surface area contributed by atoms with E-state index in [1.807, 2.05) is 10.7 Å². The zero-order valence-corrected chi connectivity index (χ0v) is 18.7. The zero-order chi connectivity index (χ0) is 22.7. The number of carbonyl (C=O) groups is 1. The van der Waals surface area contributed by atoms with Crippen LogP contribution in [-0.4, -0.2) is 30.7 Å². The highest BCUT2D eigenvalue weighted by molar-refractivity contribution is 7.92. The Morgan fingerprint density at radius 3 is 2.66 bits per heavy atom. The van der Waals surface area contributed by atoms with Gasteiger partial charge in [0.2, 0.25) is 0 Å². The molecule has 1 aliphatic rings. The third-order valence-corrected chi connectivity index (χ3v) is 7.42. The van der Waals surface area contributed by atoms with E-state index < -0.39 is 10.0 Å². The second kappa shape index (κ2) is 9.00. The van der Waals surface area contributed by atoms with E-state index in [0.717, 1.165) is 12.8 Å². The van der Waals surface area contributed by atoms with Crippen molar-refractivity contribution in [2.75, 3.05) is 16.2 Å². The van der Waals surface area contributed by atoms with Gasteiger partial charge in [-0.3, -0.25) is 9.10 Å². The molecule has 0 bridgehead atoms. The van der Waals surface area contributed by atoms with Crippen LogP contribution in [0.25, 0.3) is 0 Å². The fourth-order valence-corrected chi connectivity index (χ4v) is 5.17. The Morgan fingerprint density at radius 1 is 1.22 bits per heavy atom. The van der Waals surface area contributed by atoms with Crippen LogP contribution in [-0.2, 0) is 10.0 Å². The highest BCUT2D eigenvalue weighted by atomic mass is 32.2. The molecule has 32 heavy (non-hydrogen) atoms. The van der Waals surface area contributed by atoms with Gasteiger partial charge in [-0.1, -0.05) is 30.3 Å². The molecule has 0 spiro atoms. The van der Waals surface area contributed by atoms with Crippen LogP contribution in [0.5, 0.6) is 0 Å². The molecule has 1 aliphatic carbocycles. The number of aromatic nitrogens is 2. The van der Waals surface area contributed by atoms with E-state index in [1.165, 1.54) is 22.5 Å². The quantitative estimate of drug-likeness (QED) is 0.487. The van der Waals surface area contributed by atoms with Crippen molar-refractivity contribution in [3.05, 3.63) is 85.1 Å². The number of amides is 1. The molecule has 1 saturated carbocycles. The summed E-state index contributed by atoms with van der Waals surface area (Å²) in [6.45, 7) is 5.88. The van der Waals surface area contributed by atoms with Crippen molar-refractivity contribution >= 4 is 27.4 Å². The van der Waals surface area contributed by atoms with E-state index in [-0.39, 0.29) is 29.0 Å². The fraction of sp³-hybridized carbons (Fsp3) is 0.250. The Kier molecular flexibility index (Phi) is 6.14. The molecule has 166 valence electrons. The molecule has 1 heterocycles. The highest BCUT2D eigenvalue weighted by Crippen LogP contribution is 2.40. The molecule has 0 radical (unpaired) electrons. The Labute approximate surface area is 188 Å². The van der Waals surface area contributed by atoms with Crippen LogP contribution in [0, 0.1) is 5.92 Å². The van der Waals surface area contributed by atoms with Crippen molar-refractivity contribution in [2.45, 2.75) is 30.7 Å². The molecule has 2 aromatic carbocycles. The molecular weight excluding hydrogens is 424 g/mol. The summed E-state index contributed by atoms with van der Waals surface area (Å²) in [5.74, 6) is 0.787. The Balaban J connectivity index is 1.60. The normalized spacial score (nSPS) is 14.5. The topological polar surface area (TPSA) is 84.3 Å². The summed E-state index contributed by atoms with van der Waals surface area (Å²) in [4.78, 5) is 13.0. The molecule has 0 saturated heterocycles. The van der Waals surface area contributed by atoms with Gasteiger partial charge in [-0.25, -0.2) is 13.1 Å². The van der Waals surface area contributed by atoms with Crippen molar-refractivity contribution in [3.63, 3.8) is 0 Å². The number of hydrogen-bond donors (Lipinski definition) is 1. The molecule has 1 fully saturated rings. The molecule has 7 nitrogen and oxygen atoms in total. The Morgan fingerprint density at radius 2 is 1.97 bits per heavy atom. The number of nitrogens with zero attached hydrogens (tertiary/aromatic N) is 3. The molecule has 1 atom stereocenters. The van der Waals surface area contributed by atoms with Gasteiger partial charge in [0.25, 0.3) is 15.9 Å². The Hall–Kier alpha value is -3.39. The van der Waals surface area contributed by atoms with Gasteiger partial charge in [-0.2, -0.15) is 5.10 Å². The summed E-state index contributed by atoms with van der Waals surface area (Å²) in [6.07, 6.45) is 5.51. The van der Waals surface area contributed by atoms with Gasteiger partial charge in [0.1, 0.15) is 5.82 Å². The van der Waals surface area contributed by atoms with E-state index in [4.69, 9.17) is 0 Å². The lowest BCUT2D eigenvalue weighted by Crippen LogP contribution is -2.31. The molecule has 8 heteroatoms. The highest BCUT2D eigenvalue weighted by Gasteiger charge is 2.31. The largest absolute Gasteiger partial charge is 0.307 e. The minimum absolute atomic E-state index is 0.0377. The first-order chi connectivity index (χ1) is 15.4. The number of hydrogen-bond acceptors (Lipinski definition) is 4. The van der Waals surface area contributed by atoms with Crippen LogP contribution in [0.1, 0.15) is 36.2 Å². The molecule has 1 N–H and O–H groups in total. The smallest absolute Gasteiger partial charge is 0.264 e. The minimum atomic E-state index is -3.89. The first kappa shape index (κ1) is 21.8. The lowest BCUT2D eigenvalue weighted by atomic mass is 10.2. The molecule has 4 rings (SSSR count). The first-order valence-corrected chi connectivity index (χ1v) is 12.0. The molecule has 1 amide bonds. The average Bonchev–Trinajstić information content (AvgIpc) is 3.56. The third kappa shape index (κ3) is 4.45. The second-order valence-electron chi connectivity index (χ2n) is 7.88. The van der Waals surface area contributed by atoms with Crippen molar-refractivity contribution in [1.82, 2.24) is 9.78 Å². The summed E-state index contributed by atoms with van der Waals surface area (Å²) in [5.41, 5.74) is 0.782. The van der Waals surface area contributed by atoms with Gasteiger partial charge in [-0.15, -0.1) is 6.58 Å². The lowest BCUT2D eigenvalue weighted by Gasteiger charge is -2.23. The SMILES string of the molecule is C=CCN(c1ccccc1)S(=O)(=O)c1cccc(C(=O)Nc2ccnn2C(C)C2CC2)c1. The maximum atomic E-state index is 13.4. The van der Waals surface area contributed by atoms with Crippen LogP contribution >= 0.6 is 0 Å². The van der Waals surface area contributed by atoms with Gasteiger partial charge in [-0.05, 0) is 56.0 Å². The number of para-hydroxylation sites is 1. The fourth-order valence-electron chi connectivity index (χ4n) is 3.68. The second-order valence-corrected chi connectivity index (χ2v) is 9.74. The summed E-state index contributed by atoms with van der Waals surface area (Å²) in [6, 6.07) is 16.8. The Bertz CT molecular complexity index is 1220. The third-order valence-electron chi connectivity index (χ3n) is 5.63. The average molecular weight is 451 g/mol. The monoisotopic (exact) mass is 450 g/mol. The lowest BCUT2D eigenvalue weighted by molar-refractivity contribution is 0.102. The van der Waals surface area contributed by atoms with Crippen LogP contribution < -0.4 is 9.62 Å². The van der Waals surface area contributed by atoms with Crippen LogP contribution in [0.15, 0.2) is 84.4 Å². The number of carbonyl (C=O) groups excluding carboxylic acids is 1. The van der Waals surface area contributed by atoms with Crippen LogP contribution in [0.4, 0.5) is 11.5 Å². The van der Waals surface area contributed by atoms with Gasteiger partial charge < -0.3 is 5.32 Å². The van der Waals surface area contributed by atoms with Crippen molar-refractivity contribution < 1.29 is 13.2 Å². The van der Waals surface area contributed by atoms with E-state index >= 15 is 0 Å². The zero-order valence-electron chi connectivity index (χ0n) is 17.9. The standard InChI is InChI=1S/C24H26N4O3S/c1-3-16-27(21-9-5-4-6-10-21)32(30,31)22-11-7-8-20(17-22)24(29)26-23-14-15-25-28(23)18(2)19-12-13-19/h3-11,14-15,17-19H,1,12-13,16H2,2H3,(H,26,29). The van der Waals surface area contributed by atoms with Gasteiger partial charge >= 0.3 is 0 Å². The maximum absolute atomic E-state index is 13.4. The number of sulfonamides is 1. The van der Waals surface area contributed by atoms with Crippen molar-refractivity contribution in [1.29, 1.82) is 0 Å². The molecule has 0 aliphatic heterocycles. The summed E-state index contributed by atoms with van der Waals surface area (Å²) in [7, 11) is -3.89. The maximum Gasteiger partial charge on any atom is 0.264 e. The summed E-state index contributed by atoms with van der Waals surface area (Å²) >= 11 is 0. The van der Waals surface area contributed by atoms with E-state index in [2.05, 4.69) is 23.9 Å². The van der Waals surface area contributed by atoms with E-state index in [0.29, 0.717) is 17.4 Å². The molecule has 1 aromatic heterocycles. The summed E-state index contributed by atoms with van der Waals surface area (Å²) in [5, 5.41) is 7.22.